The van der Waals surface area contributed by atoms with Crippen LogP contribution in [0.5, 0.6) is 5.75 Å². The zero-order valence-corrected chi connectivity index (χ0v) is 14.4. The van der Waals surface area contributed by atoms with E-state index in [9.17, 15) is 9.59 Å². The van der Waals surface area contributed by atoms with E-state index in [1.165, 1.54) is 7.11 Å². The van der Waals surface area contributed by atoms with E-state index < -0.39 is 0 Å². The lowest BCUT2D eigenvalue weighted by Crippen LogP contribution is -2.48. The van der Waals surface area contributed by atoms with Gasteiger partial charge in [-0.1, -0.05) is 18.7 Å². The van der Waals surface area contributed by atoms with Gasteiger partial charge in [-0.3, -0.25) is 4.79 Å². The number of urea groups is 1. The van der Waals surface area contributed by atoms with Crippen LogP contribution < -0.4 is 15.4 Å². The van der Waals surface area contributed by atoms with Gasteiger partial charge in [-0.05, 0) is 43.2 Å². The molecule has 134 valence electrons. The minimum absolute atomic E-state index is 0.161. The van der Waals surface area contributed by atoms with E-state index in [0.29, 0.717) is 29.9 Å². The quantitative estimate of drug-likeness (QED) is 0.614. The molecule has 2 amide bonds. The van der Waals surface area contributed by atoms with Crippen molar-refractivity contribution in [3.8, 4) is 5.75 Å². The third-order valence-corrected chi connectivity index (χ3v) is 5.15. The van der Waals surface area contributed by atoms with Gasteiger partial charge in [0, 0.05) is 17.8 Å². The average Bonchev–Trinajstić information content (AvgIpc) is 3.21. The summed E-state index contributed by atoms with van der Waals surface area (Å²) in [5, 5.41) is 5.79. The molecule has 1 aromatic carbocycles. The topological polar surface area (TPSA) is 76.7 Å². The van der Waals surface area contributed by atoms with Crippen LogP contribution in [0.15, 0.2) is 36.9 Å². The summed E-state index contributed by atoms with van der Waals surface area (Å²) >= 11 is 0. The van der Waals surface area contributed by atoms with Crippen LogP contribution in [0.1, 0.15) is 19.3 Å². The summed E-state index contributed by atoms with van der Waals surface area (Å²) in [5.41, 5.74) is 0.636. The molecule has 0 saturated heterocycles. The molecule has 2 N–H and O–H groups in total. The van der Waals surface area contributed by atoms with Crippen LogP contribution in [-0.4, -0.2) is 31.8 Å². The molecular formula is C19H24N2O4. The zero-order chi connectivity index (χ0) is 17.8. The SMILES string of the molecule is C=CCOc1cccc(NC(=O)N[C@@H]2[C@H]3CC[C@@H](C3)[C@@H]2C(=O)OC)c1. The second-order valence-corrected chi connectivity index (χ2v) is 6.63. The van der Waals surface area contributed by atoms with Gasteiger partial charge in [0.1, 0.15) is 12.4 Å². The van der Waals surface area contributed by atoms with Crippen molar-refractivity contribution in [3.63, 3.8) is 0 Å². The van der Waals surface area contributed by atoms with Crippen molar-refractivity contribution in [1.82, 2.24) is 5.32 Å². The Hall–Kier alpha value is -2.50. The van der Waals surface area contributed by atoms with E-state index in [-0.39, 0.29) is 24.0 Å². The number of anilines is 1. The molecule has 0 aromatic heterocycles. The van der Waals surface area contributed by atoms with Crippen molar-refractivity contribution in [3.05, 3.63) is 36.9 Å². The monoisotopic (exact) mass is 344 g/mol. The lowest BCUT2D eigenvalue weighted by atomic mass is 9.84. The van der Waals surface area contributed by atoms with E-state index in [1.54, 1.807) is 18.2 Å². The first-order chi connectivity index (χ1) is 12.1. The fourth-order valence-electron chi connectivity index (χ4n) is 4.11. The van der Waals surface area contributed by atoms with Crippen molar-refractivity contribution >= 4 is 17.7 Å². The van der Waals surface area contributed by atoms with Gasteiger partial charge in [-0.25, -0.2) is 4.79 Å². The molecule has 3 rings (SSSR count). The van der Waals surface area contributed by atoms with Crippen LogP contribution >= 0.6 is 0 Å². The van der Waals surface area contributed by atoms with Crippen LogP contribution in [0.25, 0.3) is 0 Å². The van der Waals surface area contributed by atoms with Gasteiger partial charge < -0.3 is 20.1 Å². The maximum absolute atomic E-state index is 12.4. The molecule has 1 aromatic rings. The highest BCUT2D eigenvalue weighted by molar-refractivity contribution is 5.90. The standard InChI is InChI=1S/C19H24N2O4/c1-3-9-25-15-6-4-5-14(11-15)20-19(23)21-17-13-8-7-12(10-13)16(17)18(22)24-2/h3-6,11-13,16-17H,1,7-10H2,2H3,(H2,20,21,23)/t12-,13-,16-,17+/m0/s1. The number of amides is 2. The average molecular weight is 344 g/mol. The number of fused-ring (bicyclic) bond motifs is 2. The third-order valence-electron chi connectivity index (χ3n) is 5.15. The molecule has 2 fully saturated rings. The van der Waals surface area contributed by atoms with Crippen molar-refractivity contribution in [2.45, 2.75) is 25.3 Å². The zero-order valence-electron chi connectivity index (χ0n) is 14.4. The van der Waals surface area contributed by atoms with Gasteiger partial charge in [0.25, 0.3) is 0 Å². The second kappa shape index (κ2) is 7.59. The fourth-order valence-corrected chi connectivity index (χ4v) is 4.11. The molecular weight excluding hydrogens is 320 g/mol. The normalized spacial score (nSPS) is 26.8. The molecule has 4 atom stereocenters. The molecule has 2 bridgehead atoms. The van der Waals surface area contributed by atoms with Gasteiger partial charge >= 0.3 is 12.0 Å². The Morgan fingerprint density at radius 2 is 2.12 bits per heavy atom. The van der Waals surface area contributed by atoms with Gasteiger partial charge in [-0.2, -0.15) is 0 Å². The van der Waals surface area contributed by atoms with E-state index in [1.807, 2.05) is 12.1 Å². The van der Waals surface area contributed by atoms with E-state index >= 15 is 0 Å². The van der Waals surface area contributed by atoms with Crippen molar-refractivity contribution in [1.29, 1.82) is 0 Å². The fraction of sp³-hybridized carbons (Fsp3) is 0.474. The van der Waals surface area contributed by atoms with Crippen molar-refractivity contribution in [2.24, 2.45) is 17.8 Å². The Morgan fingerprint density at radius 1 is 1.32 bits per heavy atom. The number of ether oxygens (including phenoxy) is 2. The molecule has 0 spiro atoms. The summed E-state index contributed by atoms with van der Waals surface area (Å²) in [5.74, 6) is 0.861. The summed E-state index contributed by atoms with van der Waals surface area (Å²) in [7, 11) is 1.40. The highest BCUT2D eigenvalue weighted by Crippen LogP contribution is 2.48. The Kier molecular flexibility index (Phi) is 5.26. The number of hydrogen-bond donors (Lipinski definition) is 2. The predicted molar refractivity (Wildman–Crippen MR) is 94.4 cm³/mol. The first-order valence-electron chi connectivity index (χ1n) is 8.61. The smallest absolute Gasteiger partial charge is 0.319 e. The minimum Gasteiger partial charge on any atom is -0.489 e. The summed E-state index contributed by atoms with van der Waals surface area (Å²) in [4.78, 5) is 24.5. The Morgan fingerprint density at radius 3 is 2.88 bits per heavy atom. The number of hydrogen-bond acceptors (Lipinski definition) is 4. The van der Waals surface area contributed by atoms with Crippen LogP contribution in [0.4, 0.5) is 10.5 Å². The largest absolute Gasteiger partial charge is 0.489 e. The number of benzene rings is 1. The van der Waals surface area contributed by atoms with Crippen LogP contribution in [0.2, 0.25) is 0 Å². The molecule has 0 unspecified atom stereocenters. The van der Waals surface area contributed by atoms with E-state index in [4.69, 9.17) is 9.47 Å². The van der Waals surface area contributed by atoms with Gasteiger partial charge in [0.2, 0.25) is 0 Å². The summed E-state index contributed by atoms with van der Waals surface area (Å²) in [6, 6.07) is 6.69. The summed E-state index contributed by atoms with van der Waals surface area (Å²) in [6.45, 7) is 4.01. The van der Waals surface area contributed by atoms with Crippen LogP contribution in [-0.2, 0) is 9.53 Å². The van der Waals surface area contributed by atoms with Gasteiger partial charge in [0.15, 0.2) is 0 Å². The van der Waals surface area contributed by atoms with Crippen LogP contribution in [0.3, 0.4) is 0 Å². The maximum atomic E-state index is 12.4. The second-order valence-electron chi connectivity index (χ2n) is 6.63. The van der Waals surface area contributed by atoms with Crippen LogP contribution in [0, 0.1) is 17.8 Å². The molecule has 2 aliphatic carbocycles. The number of nitrogens with one attached hydrogen (secondary N) is 2. The van der Waals surface area contributed by atoms with Crippen molar-refractivity contribution < 1.29 is 19.1 Å². The Bertz CT molecular complexity index is 661. The highest BCUT2D eigenvalue weighted by Gasteiger charge is 2.52. The summed E-state index contributed by atoms with van der Waals surface area (Å²) in [6.07, 6.45) is 4.73. The first kappa shape index (κ1) is 17.3. The minimum atomic E-state index is -0.313. The number of rotatable bonds is 6. The van der Waals surface area contributed by atoms with Gasteiger partial charge in [-0.15, -0.1) is 0 Å². The maximum Gasteiger partial charge on any atom is 0.319 e. The lowest BCUT2D eigenvalue weighted by Gasteiger charge is -2.29. The number of carbonyl (C=O) groups excluding carboxylic acids is 2. The molecule has 6 heteroatoms. The lowest BCUT2D eigenvalue weighted by molar-refractivity contribution is -0.148. The molecule has 25 heavy (non-hydrogen) atoms. The van der Waals surface area contributed by atoms with E-state index in [0.717, 1.165) is 19.3 Å². The van der Waals surface area contributed by atoms with E-state index in [2.05, 4.69) is 17.2 Å². The number of esters is 1. The van der Waals surface area contributed by atoms with Gasteiger partial charge in [0.05, 0.1) is 13.0 Å². The number of methoxy groups -OCH3 is 1. The summed E-state index contributed by atoms with van der Waals surface area (Å²) < 4.78 is 10.4. The first-order valence-corrected chi connectivity index (χ1v) is 8.61. The third kappa shape index (κ3) is 3.78. The molecule has 2 saturated carbocycles. The molecule has 0 radical (unpaired) electrons. The molecule has 0 heterocycles. The Balaban J connectivity index is 1.62. The Labute approximate surface area is 147 Å². The highest BCUT2D eigenvalue weighted by atomic mass is 16.5. The van der Waals surface area contributed by atoms with Crippen molar-refractivity contribution in [2.75, 3.05) is 19.0 Å². The number of carbonyl (C=O) groups is 2. The predicted octanol–water partition coefficient (Wildman–Crippen LogP) is 2.96. The molecule has 0 aliphatic heterocycles. The molecule has 6 nitrogen and oxygen atoms in total. The molecule has 2 aliphatic rings.